The molecule has 1 unspecified atom stereocenters. The minimum atomic E-state index is -1.22. The fourth-order valence-electron chi connectivity index (χ4n) is 1.50. The van der Waals surface area contributed by atoms with Crippen molar-refractivity contribution >= 4 is 11.6 Å². The summed E-state index contributed by atoms with van der Waals surface area (Å²) in [6.07, 6.45) is -1.22. The van der Waals surface area contributed by atoms with Gasteiger partial charge in [0.15, 0.2) is 11.6 Å². The van der Waals surface area contributed by atoms with Crippen molar-refractivity contribution in [2.45, 2.75) is 13.0 Å². The maximum atomic E-state index is 13.1. The first-order valence-electron chi connectivity index (χ1n) is 4.88. The number of hydrogen-bond acceptors (Lipinski definition) is 2. The van der Waals surface area contributed by atoms with Crippen molar-refractivity contribution in [2.75, 3.05) is 0 Å². The van der Waals surface area contributed by atoms with E-state index in [1.54, 1.807) is 19.1 Å². The van der Waals surface area contributed by atoms with Gasteiger partial charge < -0.3 is 9.52 Å². The Balaban J connectivity index is 2.43. The summed E-state index contributed by atoms with van der Waals surface area (Å²) in [6.45, 7) is 1.71. The summed E-state index contributed by atoms with van der Waals surface area (Å²) in [5.41, 5.74) is 0.0694. The van der Waals surface area contributed by atoms with E-state index in [-0.39, 0.29) is 16.3 Å². The number of benzene rings is 1. The normalized spacial score (nSPS) is 12.8. The van der Waals surface area contributed by atoms with Crippen LogP contribution in [0.15, 0.2) is 28.7 Å². The van der Waals surface area contributed by atoms with E-state index in [0.29, 0.717) is 5.76 Å². The van der Waals surface area contributed by atoms with Crippen LogP contribution >= 0.6 is 11.6 Å². The number of hydrogen-bond donors (Lipinski definition) is 1. The van der Waals surface area contributed by atoms with Gasteiger partial charge in [0.1, 0.15) is 17.6 Å². The molecule has 90 valence electrons. The van der Waals surface area contributed by atoms with Crippen LogP contribution < -0.4 is 0 Å². The zero-order valence-corrected chi connectivity index (χ0v) is 9.63. The van der Waals surface area contributed by atoms with Crippen molar-refractivity contribution in [3.8, 4) is 0 Å². The van der Waals surface area contributed by atoms with E-state index < -0.39 is 17.7 Å². The molecule has 0 saturated heterocycles. The molecule has 0 amide bonds. The fraction of sp³-hybridized carbons (Fsp3) is 0.167. The molecule has 1 heterocycles. The maximum absolute atomic E-state index is 13.1. The van der Waals surface area contributed by atoms with Gasteiger partial charge in [0.2, 0.25) is 0 Å². The summed E-state index contributed by atoms with van der Waals surface area (Å²) in [7, 11) is 0. The van der Waals surface area contributed by atoms with Crippen LogP contribution in [-0.2, 0) is 0 Å². The largest absolute Gasteiger partial charge is 0.463 e. The molecule has 0 radical (unpaired) electrons. The number of rotatable bonds is 2. The van der Waals surface area contributed by atoms with Gasteiger partial charge in [-0.15, -0.1) is 0 Å². The van der Waals surface area contributed by atoms with Crippen molar-refractivity contribution < 1.29 is 18.3 Å². The Kier molecular flexibility index (Phi) is 3.17. The van der Waals surface area contributed by atoms with Crippen molar-refractivity contribution in [1.82, 2.24) is 0 Å². The highest BCUT2D eigenvalue weighted by atomic mass is 35.5. The van der Waals surface area contributed by atoms with Gasteiger partial charge in [-0.3, -0.25) is 0 Å². The highest BCUT2D eigenvalue weighted by molar-refractivity contribution is 6.31. The molecule has 1 aromatic carbocycles. The smallest absolute Gasteiger partial charge is 0.160 e. The molecule has 2 rings (SSSR count). The molecule has 2 aromatic rings. The summed E-state index contributed by atoms with van der Waals surface area (Å²) in [5, 5.41) is 9.88. The molecular weight excluding hydrogens is 250 g/mol. The van der Waals surface area contributed by atoms with E-state index >= 15 is 0 Å². The second-order valence-electron chi connectivity index (χ2n) is 3.64. The molecule has 0 saturated carbocycles. The molecule has 0 spiro atoms. The van der Waals surface area contributed by atoms with E-state index in [9.17, 15) is 13.9 Å². The summed E-state index contributed by atoms with van der Waals surface area (Å²) >= 11 is 5.74. The van der Waals surface area contributed by atoms with Gasteiger partial charge in [-0.1, -0.05) is 11.6 Å². The number of aryl methyl sites for hydroxylation is 1. The Labute approximate surface area is 101 Å². The maximum Gasteiger partial charge on any atom is 0.160 e. The van der Waals surface area contributed by atoms with E-state index in [2.05, 4.69) is 0 Å². The molecule has 0 aliphatic rings. The molecule has 0 bridgehead atoms. The molecule has 1 atom stereocenters. The van der Waals surface area contributed by atoms with Crippen molar-refractivity contribution in [3.63, 3.8) is 0 Å². The van der Waals surface area contributed by atoms with Gasteiger partial charge in [0.05, 0.1) is 0 Å². The minimum Gasteiger partial charge on any atom is -0.463 e. The summed E-state index contributed by atoms with van der Waals surface area (Å²) < 4.78 is 31.1. The van der Waals surface area contributed by atoms with Crippen LogP contribution in [0.5, 0.6) is 0 Å². The number of halogens is 3. The third-order valence-electron chi connectivity index (χ3n) is 2.36. The van der Waals surface area contributed by atoms with E-state index in [1.807, 2.05) is 0 Å². The van der Waals surface area contributed by atoms with E-state index in [1.165, 1.54) is 0 Å². The Morgan fingerprint density at radius 3 is 2.47 bits per heavy atom. The van der Waals surface area contributed by atoms with Gasteiger partial charge in [-0.25, -0.2) is 8.78 Å². The number of aliphatic hydroxyl groups excluding tert-OH is 1. The van der Waals surface area contributed by atoms with Crippen LogP contribution in [0.2, 0.25) is 5.02 Å². The molecular formula is C12H9ClF2O2. The Morgan fingerprint density at radius 2 is 1.88 bits per heavy atom. The highest BCUT2D eigenvalue weighted by Crippen LogP contribution is 2.30. The molecule has 0 aliphatic carbocycles. The van der Waals surface area contributed by atoms with Gasteiger partial charge in [0, 0.05) is 10.6 Å². The van der Waals surface area contributed by atoms with E-state index in [4.69, 9.17) is 16.0 Å². The third kappa shape index (κ3) is 2.33. The minimum absolute atomic E-state index is 0.0505. The zero-order valence-electron chi connectivity index (χ0n) is 8.88. The second kappa shape index (κ2) is 4.47. The van der Waals surface area contributed by atoms with Gasteiger partial charge in [-0.05, 0) is 31.2 Å². The standard InChI is InChI=1S/C12H9ClF2O2/c1-6-2-3-11(17-6)12(16)7-4-9(14)10(15)5-8(7)13/h2-5,12,16H,1H3. The number of furan rings is 1. The SMILES string of the molecule is Cc1ccc(C(O)c2cc(F)c(F)cc2Cl)o1. The fourth-order valence-corrected chi connectivity index (χ4v) is 1.75. The lowest BCUT2D eigenvalue weighted by atomic mass is 10.1. The van der Waals surface area contributed by atoms with Crippen molar-refractivity contribution in [2.24, 2.45) is 0 Å². The molecule has 1 N–H and O–H groups in total. The highest BCUT2D eigenvalue weighted by Gasteiger charge is 2.19. The van der Waals surface area contributed by atoms with Crippen LogP contribution in [0.25, 0.3) is 0 Å². The third-order valence-corrected chi connectivity index (χ3v) is 2.69. The monoisotopic (exact) mass is 258 g/mol. The van der Waals surface area contributed by atoms with Crippen LogP contribution in [0.3, 0.4) is 0 Å². The average Bonchev–Trinajstić information content (AvgIpc) is 2.69. The molecule has 2 nitrogen and oxygen atoms in total. The number of aliphatic hydroxyl groups is 1. The first kappa shape index (κ1) is 12.1. The van der Waals surface area contributed by atoms with Crippen molar-refractivity contribution in [1.29, 1.82) is 0 Å². The quantitative estimate of drug-likeness (QED) is 0.835. The Morgan fingerprint density at radius 1 is 1.24 bits per heavy atom. The lowest BCUT2D eigenvalue weighted by molar-refractivity contribution is 0.187. The van der Waals surface area contributed by atoms with Crippen LogP contribution in [0.4, 0.5) is 8.78 Å². The van der Waals surface area contributed by atoms with Crippen LogP contribution in [0, 0.1) is 18.6 Å². The summed E-state index contributed by atoms with van der Waals surface area (Å²) in [4.78, 5) is 0. The second-order valence-corrected chi connectivity index (χ2v) is 4.05. The Bertz CT molecular complexity index is 551. The topological polar surface area (TPSA) is 33.4 Å². The molecule has 5 heteroatoms. The van der Waals surface area contributed by atoms with Crippen LogP contribution in [-0.4, -0.2) is 5.11 Å². The Hall–Kier alpha value is -1.39. The van der Waals surface area contributed by atoms with Crippen molar-refractivity contribution in [3.05, 3.63) is 58.0 Å². The molecule has 0 fully saturated rings. The summed E-state index contributed by atoms with van der Waals surface area (Å²) in [6, 6.07) is 4.90. The molecule has 0 aliphatic heterocycles. The van der Waals surface area contributed by atoms with Gasteiger partial charge >= 0.3 is 0 Å². The van der Waals surface area contributed by atoms with Crippen LogP contribution in [0.1, 0.15) is 23.2 Å². The van der Waals surface area contributed by atoms with Gasteiger partial charge in [-0.2, -0.15) is 0 Å². The lowest BCUT2D eigenvalue weighted by Crippen LogP contribution is -2.01. The first-order chi connectivity index (χ1) is 7.99. The average molecular weight is 259 g/mol. The van der Waals surface area contributed by atoms with Gasteiger partial charge in [0.25, 0.3) is 0 Å². The lowest BCUT2D eigenvalue weighted by Gasteiger charge is -2.10. The zero-order chi connectivity index (χ0) is 12.6. The molecule has 17 heavy (non-hydrogen) atoms. The first-order valence-corrected chi connectivity index (χ1v) is 5.25. The predicted molar refractivity (Wildman–Crippen MR) is 58.9 cm³/mol. The summed E-state index contributed by atoms with van der Waals surface area (Å²) in [5.74, 6) is -1.28. The predicted octanol–water partition coefficient (Wildman–Crippen LogP) is 3.60. The molecule has 1 aromatic heterocycles. The van der Waals surface area contributed by atoms with E-state index in [0.717, 1.165) is 12.1 Å².